The van der Waals surface area contributed by atoms with Gasteiger partial charge < -0.3 is 5.32 Å². The Morgan fingerprint density at radius 3 is 2.40 bits per heavy atom. The van der Waals surface area contributed by atoms with Crippen molar-refractivity contribution in [3.05, 3.63) is 48.0 Å². The molecule has 0 aromatic heterocycles. The first kappa shape index (κ1) is 15.1. The van der Waals surface area contributed by atoms with Gasteiger partial charge in [0.25, 0.3) is 0 Å². The third kappa shape index (κ3) is 4.08. The summed E-state index contributed by atoms with van der Waals surface area (Å²) in [5.74, 6) is 0. The minimum Gasteiger partial charge on any atom is -0.317 e. The van der Waals surface area contributed by atoms with Crippen LogP contribution in [0.3, 0.4) is 0 Å². The van der Waals surface area contributed by atoms with E-state index in [2.05, 4.69) is 75.6 Å². The summed E-state index contributed by atoms with van der Waals surface area (Å²) < 4.78 is 0. The maximum atomic E-state index is 3.49. The highest BCUT2D eigenvalue weighted by atomic mass is 14.9. The monoisotopic (exact) mass is 269 g/mol. The van der Waals surface area contributed by atoms with Crippen LogP contribution in [0, 0.1) is 5.41 Å². The fraction of sp³-hybridized carbons (Fsp3) is 0.474. The van der Waals surface area contributed by atoms with Gasteiger partial charge in [-0.2, -0.15) is 0 Å². The molecule has 0 heterocycles. The smallest absolute Gasteiger partial charge is 0.0105 e. The average Bonchev–Trinajstić information content (AvgIpc) is 2.42. The van der Waals surface area contributed by atoms with Crippen LogP contribution in [0.15, 0.2) is 42.5 Å². The van der Waals surface area contributed by atoms with Gasteiger partial charge in [-0.3, -0.25) is 0 Å². The van der Waals surface area contributed by atoms with Gasteiger partial charge in [-0.05, 0) is 48.1 Å². The highest BCUT2D eigenvalue weighted by Crippen LogP contribution is 2.24. The maximum Gasteiger partial charge on any atom is 0.0105 e. The number of likely N-dealkylation sites (N-methyl/N-ethyl adjacent to an activating group) is 1. The lowest BCUT2D eigenvalue weighted by Gasteiger charge is -2.23. The van der Waals surface area contributed by atoms with Gasteiger partial charge in [-0.1, -0.05) is 63.2 Å². The fourth-order valence-corrected chi connectivity index (χ4v) is 2.69. The van der Waals surface area contributed by atoms with E-state index in [1.165, 1.54) is 29.2 Å². The van der Waals surface area contributed by atoms with Crippen LogP contribution in [0.5, 0.6) is 0 Å². The second-order valence-electron chi connectivity index (χ2n) is 6.93. The SMILES string of the molecule is CNC(CCC(C)(C)C)Cc1cccc2ccccc12. The molecule has 1 atom stereocenters. The van der Waals surface area contributed by atoms with Crippen molar-refractivity contribution in [3.63, 3.8) is 0 Å². The predicted molar refractivity (Wildman–Crippen MR) is 89.2 cm³/mol. The second kappa shape index (κ2) is 6.41. The third-order valence-corrected chi connectivity index (χ3v) is 4.00. The van der Waals surface area contributed by atoms with E-state index in [0.717, 1.165) is 6.42 Å². The molecule has 1 heteroatoms. The summed E-state index contributed by atoms with van der Waals surface area (Å²) in [5, 5.41) is 6.23. The Kier molecular flexibility index (Phi) is 4.82. The van der Waals surface area contributed by atoms with E-state index < -0.39 is 0 Å². The Morgan fingerprint density at radius 1 is 1.00 bits per heavy atom. The molecule has 1 unspecified atom stereocenters. The topological polar surface area (TPSA) is 12.0 Å². The Balaban J connectivity index is 2.13. The van der Waals surface area contributed by atoms with Crippen LogP contribution in [0.4, 0.5) is 0 Å². The Morgan fingerprint density at radius 2 is 1.70 bits per heavy atom. The number of benzene rings is 2. The Bertz CT molecular complexity index is 546. The zero-order valence-corrected chi connectivity index (χ0v) is 13.2. The predicted octanol–water partition coefficient (Wildman–Crippen LogP) is 4.80. The van der Waals surface area contributed by atoms with Gasteiger partial charge in [-0.25, -0.2) is 0 Å². The first-order valence-corrected chi connectivity index (χ1v) is 7.63. The van der Waals surface area contributed by atoms with Crippen molar-refractivity contribution in [2.24, 2.45) is 5.41 Å². The number of nitrogens with one attached hydrogen (secondary N) is 1. The molecule has 0 spiro atoms. The van der Waals surface area contributed by atoms with Gasteiger partial charge in [0.1, 0.15) is 0 Å². The molecule has 20 heavy (non-hydrogen) atoms. The second-order valence-corrected chi connectivity index (χ2v) is 6.93. The summed E-state index contributed by atoms with van der Waals surface area (Å²) in [5.41, 5.74) is 1.87. The number of hydrogen-bond acceptors (Lipinski definition) is 1. The molecule has 0 saturated carbocycles. The van der Waals surface area contributed by atoms with Crippen molar-refractivity contribution in [3.8, 4) is 0 Å². The van der Waals surface area contributed by atoms with Gasteiger partial charge in [0.15, 0.2) is 0 Å². The Hall–Kier alpha value is -1.34. The molecule has 1 N–H and O–H groups in total. The van der Waals surface area contributed by atoms with Crippen LogP contribution in [0.25, 0.3) is 10.8 Å². The molecular weight excluding hydrogens is 242 g/mol. The highest BCUT2D eigenvalue weighted by Gasteiger charge is 2.15. The third-order valence-electron chi connectivity index (χ3n) is 4.00. The van der Waals surface area contributed by atoms with Crippen LogP contribution >= 0.6 is 0 Å². The lowest BCUT2D eigenvalue weighted by molar-refractivity contribution is 0.335. The largest absolute Gasteiger partial charge is 0.317 e. The van der Waals surface area contributed by atoms with Crippen molar-refractivity contribution < 1.29 is 0 Å². The van der Waals surface area contributed by atoms with Gasteiger partial charge in [0, 0.05) is 6.04 Å². The Labute approximate surface area is 123 Å². The number of rotatable bonds is 5. The molecule has 2 aromatic rings. The average molecular weight is 269 g/mol. The molecule has 0 radical (unpaired) electrons. The van der Waals surface area contributed by atoms with E-state index in [-0.39, 0.29) is 0 Å². The molecule has 0 amide bonds. The maximum absolute atomic E-state index is 3.49. The minimum atomic E-state index is 0.411. The molecule has 0 aliphatic carbocycles. The molecule has 0 bridgehead atoms. The van der Waals surface area contributed by atoms with Crippen molar-refractivity contribution in [2.45, 2.75) is 46.1 Å². The van der Waals surface area contributed by atoms with E-state index in [9.17, 15) is 0 Å². The molecule has 2 aromatic carbocycles. The zero-order valence-electron chi connectivity index (χ0n) is 13.2. The van der Waals surface area contributed by atoms with Crippen molar-refractivity contribution >= 4 is 10.8 Å². The number of fused-ring (bicyclic) bond motifs is 1. The summed E-state index contributed by atoms with van der Waals surface area (Å²) in [6.45, 7) is 6.95. The van der Waals surface area contributed by atoms with E-state index >= 15 is 0 Å². The van der Waals surface area contributed by atoms with Crippen LogP contribution < -0.4 is 5.32 Å². The number of hydrogen-bond donors (Lipinski definition) is 1. The van der Waals surface area contributed by atoms with Crippen molar-refractivity contribution in [1.82, 2.24) is 5.32 Å². The normalized spacial score (nSPS) is 13.6. The first-order chi connectivity index (χ1) is 9.49. The molecule has 1 nitrogen and oxygen atoms in total. The highest BCUT2D eigenvalue weighted by molar-refractivity contribution is 5.85. The van der Waals surface area contributed by atoms with Crippen molar-refractivity contribution in [2.75, 3.05) is 7.05 Å². The summed E-state index contributed by atoms with van der Waals surface area (Å²) >= 11 is 0. The van der Waals surface area contributed by atoms with Gasteiger partial charge in [0.05, 0.1) is 0 Å². The van der Waals surface area contributed by atoms with E-state index in [1.807, 2.05) is 0 Å². The standard InChI is InChI=1S/C19H27N/c1-19(2,3)13-12-17(20-4)14-16-10-7-9-15-8-5-6-11-18(15)16/h5-11,17,20H,12-14H2,1-4H3. The molecule has 0 saturated heterocycles. The van der Waals surface area contributed by atoms with Gasteiger partial charge in [-0.15, -0.1) is 0 Å². The summed E-state index contributed by atoms with van der Waals surface area (Å²) in [6.07, 6.45) is 3.58. The summed E-state index contributed by atoms with van der Waals surface area (Å²) in [7, 11) is 2.08. The van der Waals surface area contributed by atoms with Crippen LogP contribution in [0.2, 0.25) is 0 Å². The van der Waals surface area contributed by atoms with E-state index in [0.29, 0.717) is 11.5 Å². The van der Waals surface area contributed by atoms with E-state index in [4.69, 9.17) is 0 Å². The van der Waals surface area contributed by atoms with Crippen LogP contribution in [-0.2, 0) is 6.42 Å². The van der Waals surface area contributed by atoms with Crippen LogP contribution in [0.1, 0.15) is 39.2 Å². The molecule has 0 aliphatic heterocycles. The minimum absolute atomic E-state index is 0.411. The summed E-state index contributed by atoms with van der Waals surface area (Å²) in [6, 6.07) is 15.9. The molecular formula is C19H27N. The lowest BCUT2D eigenvalue weighted by Crippen LogP contribution is -2.29. The molecule has 108 valence electrons. The molecule has 2 rings (SSSR count). The van der Waals surface area contributed by atoms with Gasteiger partial charge in [0.2, 0.25) is 0 Å². The molecule has 0 fully saturated rings. The lowest BCUT2D eigenvalue weighted by atomic mass is 9.87. The zero-order chi connectivity index (χ0) is 14.6. The fourth-order valence-electron chi connectivity index (χ4n) is 2.69. The van der Waals surface area contributed by atoms with Crippen LogP contribution in [-0.4, -0.2) is 13.1 Å². The van der Waals surface area contributed by atoms with E-state index in [1.54, 1.807) is 0 Å². The van der Waals surface area contributed by atoms with Gasteiger partial charge >= 0.3 is 0 Å². The summed E-state index contributed by atoms with van der Waals surface area (Å²) in [4.78, 5) is 0. The molecule has 0 aliphatic rings. The van der Waals surface area contributed by atoms with Crippen molar-refractivity contribution in [1.29, 1.82) is 0 Å². The first-order valence-electron chi connectivity index (χ1n) is 7.63. The quantitative estimate of drug-likeness (QED) is 0.822.